The van der Waals surface area contributed by atoms with Gasteiger partial charge in [-0.3, -0.25) is 9.67 Å². The van der Waals surface area contributed by atoms with E-state index in [4.69, 9.17) is 9.73 Å². The normalized spacial score (nSPS) is 18.9. The van der Waals surface area contributed by atoms with E-state index in [9.17, 15) is 0 Å². The summed E-state index contributed by atoms with van der Waals surface area (Å²) in [4.78, 5) is 4.78. The van der Waals surface area contributed by atoms with Gasteiger partial charge in [-0.15, -0.1) is 0 Å². The molecule has 2 aliphatic rings. The molecule has 132 valence electrons. The van der Waals surface area contributed by atoms with E-state index in [-0.39, 0.29) is 0 Å². The number of nitrogens with zero attached hydrogens (tertiary/aromatic N) is 3. The summed E-state index contributed by atoms with van der Waals surface area (Å²) in [5.41, 5.74) is 5.46. The van der Waals surface area contributed by atoms with Crippen molar-refractivity contribution in [3.63, 3.8) is 0 Å². The molecule has 0 saturated heterocycles. The van der Waals surface area contributed by atoms with Gasteiger partial charge in [0.15, 0.2) is 0 Å². The van der Waals surface area contributed by atoms with E-state index in [2.05, 4.69) is 29.5 Å². The van der Waals surface area contributed by atoms with Crippen molar-refractivity contribution in [2.24, 2.45) is 12.0 Å². The summed E-state index contributed by atoms with van der Waals surface area (Å²) in [6.45, 7) is 2.93. The number of fused-ring (bicyclic) bond motifs is 1. The Hall–Kier alpha value is -2.30. The minimum absolute atomic E-state index is 0.372. The van der Waals surface area contributed by atoms with Crippen LogP contribution in [0.1, 0.15) is 49.3 Å². The Labute approximate surface area is 149 Å². The third-order valence-electron chi connectivity index (χ3n) is 5.47. The van der Waals surface area contributed by atoms with Crippen molar-refractivity contribution >= 4 is 11.5 Å². The Morgan fingerprint density at radius 2 is 2.20 bits per heavy atom. The van der Waals surface area contributed by atoms with Crippen molar-refractivity contribution in [1.29, 1.82) is 0 Å². The Bertz CT molecular complexity index is 817. The van der Waals surface area contributed by atoms with E-state index in [0.29, 0.717) is 12.0 Å². The Balaban J connectivity index is 1.62. The first-order valence-corrected chi connectivity index (χ1v) is 9.13. The molecule has 1 saturated carbocycles. The first-order chi connectivity index (χ1) is 12.1. The first kappa shape index (κ1) is 16.2. The maximum Gasteiger partial charge on any atom is 0.124 e. The highest BCUT2D eigenvalue weighted by molar-refractivity contribution is 6.05. The van der Waals surface area contributed by atoms with E-state index in [0.717, 1.165) is 23.6 Å². The lowest BCUT2D eigenvalue weighted by atomic mass is 9.88. The highest BCUT2D eigenvalue weighted by Gasteiger charge is 2.46. The minimum atomic E-state index is 0.372. The molecule has 5 nitrogen and oxygen atoms in total. The van der Waals surface area contributed by atoms with E-state index in [1.54, 1.807) is 7.11 Å². The van der Waals surface area contributed by atoms with E-state index < -0.39 is 0 Å². The zero-order valence-corrected chi connectivity index (χ0v) is 15.3. The fraction of sp³-hybridized carbons (Fsp3) is 0.500. The molecule has 0 atom stereocenters. The van der Waals surface area contributed by atoms with Crippen LogP contribution in [0.4, 0.5) is 5.69 Å². The first-order valence-electron chi connectivity index (χ1n) is 9.13. The van der Waals surface area contributed by atoms with Crippen LogP contribution in [-0.2, 0) is 25.4 Å². The quantitative estimate of drug-likeness (QED) is 0.871. The average molecular weight is 338 g/mol. The smallest absolute Gasteiger partial charge is 0.124 e. The maximum absolute atomic E-state index is 5.61. The molecule has 1 fully saturated rings. The fourth-order valence-corrected chi connectivity index (χ4v) is 4.06. The molecule has 0 bridgehead atoms. The molecule has 1 aliphatic carbocycles. The van der Waals surface area contributed by atoms with Crippen LogP contribution >= 0.6 is 0 Å². The number of rotatable bonds is 6. The van der Waals surface area contributed by atoms with Gasteiger partial charge in [-0.25, -0.2) is 0 Å². The van der Waals surface area contributed by atoms with Crippen LogP contribution in [0.15, 0.2) is 29.5 Å². The number of anilines is 1. The molecule has 5 heteroatoms. The summed E-state index contributed by atoms with van der Waals surface area (Å²) in [6.07, 6.45) is 9.78. The lowest BCUT2D eigenvalue weighted by Gasteiger charge is -2.20. The van der Waals surface area contributed by atoms with Crippen molar-refractivity contribution in [1.82, 2.24) is 9.78 Å². The zero-order valence-electron chi connectivity index (χ0n) is 15.3. The number of hydrogen-bond acceptors (Lipinski definition) is 3. The van der Waals surface area contributed by atoms with Crippen molar-refractivity contribution < 1.29 is 4.74 Å². The zero-order chi connectivity index (χ0) is 17.4. The highest BCUT2D eigenvalue weighted by atomic mass is 16.5. The fourth-order valence-electron chi connectivity index (χ4n) is 4.06. The molecule has 4 rings (SSSR count). The van der Waals surface area contributed by atoms with Crippen molar-refractivity contribution in [2.75, 3.05) is 12.4 Å². The van der Waals surface area contributed by atoms with Crippen LogP contribution in [0, 0.1) is 0 Å². The average Bonchev–Trinajstić information content (AvgIpc) is 3.06. The number of aryl methyl sites for hydroxylation is 1. The van der Waals surface area contributed by atoms with Gasteiger partial charge < -0.3 is 10.1 Å². The third kappa shape index (κ3) is 2.92. The second-order valence-electron chi connectivity index (χ2n) is 7.29. The van der Waals surface area contributed by atoms with Crippen LogP contribution < -0.4 is 10.1 Å². The molecule has 1 aromatic carbocycles. The Kier molecular flexibility index (Phi) is 4.02. The van der Waals surface area contributed by atoms with E-state index in [1.807, 2.05) is 24.1 Å². The summed E-state index contributed by atoms with van der Waals surface area (Å²) in [6, 6.07) is 4.40. The maximum atomic E-state index is 5.61. The number of methoxy groups -OCH3 is 1. The van der Waals surface area contributed by atoms with Crippen molar-refractivity contribution in [3.05, 3.63) is 41.2 Å². The van der Waals surface area contributed by atoms with Crippen LogP contribution in [0.5, 0.6) is 5.75 Å². The Morgan fingerprint density at radius 3 is 2.84 bits per heavy atom. The van der Waals surface area contributed by atoms with Crippen molar-refractivity contribution in [3.8, 4) is 5.75 Å². The molecule has 1 N–H and O–H groups in total. The molecule has 1 aliphatic heterocycles. The monoisotopic (exact) mass is 338 g/mol. The number of benzene rings is 1. The minimum Gasteiger partial charge on any atom is -0.496 e. The van der Waals surface area contributed by atoms with Crippen LogP contribution in [0.2, 0.25) is 0 Å². The van der Waals surface area contributed by atoms with E-state index >= 15 is 0 Å². The number of ether oxygens (including phenoxy) is 1. The second kappa shape index (κ2) is 6.21. The lowest BCUT2D eigenvalue weighted by Crippen LogP contribution is -2.11. The third-order valence-corrected chi connectivity index (χ3v) is 5.47. The summed E-state index contributed by atoms with van der Waals surface area (Å²) >= 11 is 0. The molecule has 25 heavy (non-hydrogen) atoms. The van der Waals surface area contributed by atoms with E-state index in [1.165, 1.54) is 42.5 Å². The number of aromatic nitrogens is 2. The molecule has 0 spiro atoms. The van der Waals surface area contributed by atoms with Gasteiger partial charge in [0, 0.05) is 30.8 Å². The van der Waals surface area contributed by atoms with Gasteiger partial charge in [0.25, 0.3) is 0 Å². The molecule has 0 unspecified atom stereocenters. The standard InChI is InChI=1S/C20H26N4O/c1-4-7-20(8-9-20)16-5-6-17(25-3)15-10-18(23-19(15)16)21-11-14-12-22-24(2)13-14/h5-6,12-13H,4,7-11H2,1-3H3,(H,21,23). The van der Waals surface area contributed by atoms with Gasteiger partial charge in [0.05, 0.1) is 25.5 Å². The predicted octanol–water partition coefficient (Wildman–Crippen LogP) is 3.83. The summed E-state index contributed by atoms with van der Waals surface area (Å²) < 4.78 is 7.43. The summed E-state index contributed by atoms with van der Waals surface area (Å²) in [7, 11) is 3.68. The van der Waals surface area contributed by atoms with Crippen LogP contribution in [0.25, 0.3) is 0 Å². The molecule has 2 aromatic rings. The van der Waals surface area contributed by atoms with Crippen molar-refractivity contribution in [2.45, 2.75) is 51.0 Å². The van der Waals surface area contributed by atoms with Crippen LogP contribution in [-0.4, -0.2) is 22.7 Å². The summed E-state index contributed by atoms with van der Waals surface area (Å²) in [5.74, 6) is 1.99. The summed E-state index contributed by atoms with van der Waals surface area (Å²) in [5, 5.41) is 7.81. The van der Waals surface area contributed by atoms with Gasteiger partial charge in [0.1, 0.15) is 11.6 Å². The van der Waals surface area contributed by atoms with Gasteiger partial charge in [-0.1, -0.05) is 19.4 Å². The molecule has 0 amide bonds. The number of amidine groups is 1. The second-order valence-corrected chi connectivity index (χ2v) is 7.29. The number of aliphatic imine (C=N–C) groups is 1. The Morgan fingerprint density at radius 1 is 1.36 bits per heavy atom. The van der Waals surface area contributed by atoms with Gasteiger partial charge in [-0.2, -0.15) is 5.10 Å². The van der Waals surface area contributed by atoms with Gasteiger partial charge in [-0.05, 0) is 36.3 Å². The number of nitrogens with one attached hydrogen (secondary N) is 1. The van der Waals surface area contributed by atoms with Gasteiger partial charge in [0.2, 0.25) is 0 Å². The lowest BCUT2D eigenvalue weighted by molar-refractivity contribution is 0.411. The molecule has 0 radical (unpaired) electrons. The molecular weight excluding hydrogens is 312 g/mol. The predicted molar refractivity (Wildman–Crippen MR) is 100 cm³/mol. The number of hydrogen-bond donors (Lipinski definition) is 1. The SMILES string of the molecule is CCCC1(c2ccc(OC)c3c2NC(=NCc2cnn(C)c2)C3)CC1. The van der Waals surface area contributed by atoms with Gasteiger partial charge >= 0.3 is 0 Å². The highest BCUT2D eigenvalue weighted by Crippen LogP contribution is 2.56. The topological polar surface area (TPSA) is 51.4 Å². The molecular formula is C20H26N4O. The molecule has 2 heterocycles. The van der Waals surface area contributed by atoms with Crippen LogP contribution in [0.3, 0.4) is 0 Å². The largest absolute Gasteiger partial charge is 0.496 e. The molecule has 1 aromatic heterocycles.